The summed E-state index contributed by atoms with van der Waals surface area (Å²) >= 11 is 0. The van der Waals surface area contributed by atoms with Gasteiger partial charge >= 0.3 is 0 Å². The molecule has 11 heteroatoms. The number of hydrogen-bond donors (Lipinski definition) is 2. The van der Waals surface area contributed by atoms with Crippen LogP contribution >= 0.6 is 24.0 Å². The summed E-state index contributed by atoms with van der Waals surface area (Å²) in [6, 6.07) is 5.23. The fourth-order valence-electron chi connectivity index (χ4n) is 3.24. The first-order valence-corrected chi connectivity index (χ1v) is 13.0. The van der Waals surface area contributed by atoms with E-state index in [1.807, 2.05) is 13.0 Å². The Kier molecular flexibility index (Phi) is 9.83. The summed E-state index contributed by atoms with van der Waals surface area (Å²) in [4.78, 5) is 4.89. The number of sulfone groups is 1. The number of benzene rings is 1. The molecule has 0 aromatic heterocycles. The van der Waals surface area contributed by atoms with Crippen LogP contribution in [-0.2, 0) is 26.4 Å². The number of halogens is 1. The molecule has 1 atom stereocenters. The second-order valence-corrected chi connectivity index (χ2v) is 11.2. The van der Waals surface area contributed by atoms with Gasteiger partial charge in [0.2, 0.25) is 10.0 Å². The molecule has 0 radical (unpaired) electrons. The van der Waals surface area contributed by atoms with Gasteiger partial charge < -0.3 is 10.6 Å². The Morgan fingerprint density at radius 3 is 2.41 bits per heavy atom. The topological polar surface area (TPSA) is 108 Å². The fraction of sp³-hybridized carbons (Fsp3) is 0.611. The molecule has 0 aliphatic carbocycles. The van der Waals surface area contributed by atoms with Crippen molar-refractivity contribution in [2.24, 2.45) is 10.9 Å². The van der Waals surface area contributed by atoms with Gasteiger partial charge in [0.05, 0.1) is 17.7 Å². The van der Waals surface area contributed by atoms with Crippen molar-refractivity contribution in [2.75, 3.05) is 38.7 Å². The molecule has 1 unspecified atom stereocenters. The monoisotopic (exact) mass is 558 g/mol. The highest BCUT2D eigenvalue weighted by Crippen LogP contribution is 2.18. The van der Waals surface area contributed by atoms with Gasteiger partial charge in [0, 0.05) is 32.4 Å². The minimum absolute atomic E-state index is 0. The van der Waals surface area contributed by atoms with Gasteiger partial charge in [0.25, 0.3) is 0 Å². The molecule has 0 bridgehead atoms. The van der Waals surface area contributed by atoms with Crippen molar-refractivity contribution in [3.05, 3.63) is 29.3 Å². The Labute approximate surface area is 191 Å². The third-order valence-corrected chi connectivity index (χ3v) is 7.21. The molecule has 0 saturated carbocycles. The minimum atomic E-state index is -3.23. The lowest BCUT2D eigenvalue weighted by atomic mass is 10.1. The first-order chi connectivity index (χ1) is 13.0. The fourth-order valence-corrected chi connectivity index (χ4v) is 5.12. The molecule has 0 amide bonds. The van der Waals surface area contributed by atoms with Crippen LogP contribution in [0.1, 0.15) is 24.5 Å². The van der Waals surface area contributed by atoms with E-state index in [1.54, 1.807) is 19.1 Å². The largest absolute Gasteiger partial charge is 0.357 e. The Hall–Kier alpha value is -0.920. The molecule has 1 fully saturated rings. The van der Waals surface area contributed by atoms with Gasteiger partial charge in [0.15, 0.2) is 15.8 Å². The van der Waals surface area contributed by atoms with Gasteiger partial charge in [-0.2, -0.15) is 0 Å². The molecule has 1 aromatic rings. The van der Waals surface area contributed by atoms with Crippen LogP contribution in [0.15, 0.2) is 28.1 Å². The molecular weight excluding hydrogens is 527 g/mol. The maximum Gasteiger partial charge on any atom is 0.211 e. The lowest BCUT2D eigenvalue weighted by molar-refractivity contribution is 0.459. The number of rotatable bonds is 7. The van der Waals surface area contributed by atoms with E-state index in [1.165, 1.54) is 16.8 Å². The van der Waals surface area contributed by atoms with E-state index in [0.29, 0.717) is 49.1 Å². The predicted octanol–water partition coefficient (Wildman–Crippen LogP) is 1.35. The maximum absolute atomic E-state index is 11.7. The zero-order valence-electron chi connectivity index (χ0n) is 17.3. The second kappa shape index (κ2) is 10.9. The summed E-state index contributed by atoms with van der Waals surface area (Å²) in [6.07, 6.45) is 3.27. The zero-order chi connectivity index (χ0) is 20.9. The van der Waals surface area contributed by atoms with Gasteiger partial charge in [0.1, 0.15) is 0 Å². The normalized spacial score (nSPS) is 18.3. The Morgan fingerprint density at radius 2 is 1.90 bits per heavy atom. The predicted molar refractivity (Wildman–Crippen MR) is 127 cm³/mol. The van der Waals surface area contributed by atoms with Crippen molar-refractivity contribution in [2.45, 2.75) is 31.7 Å². The highest BCUT2D eigenvalue weighted by Gasteiger charge is 2.28. The van der Waals surface area contributed by atoms with Crippen LogP contribution in [-0.4, -0.2) is 65.8 Å². The third-order valence-electron chi connectivity index (χ3n) is 4.68. The Bertz CT molecular complexity index is 933. The van der Waals surface area contributed by atoms with Crippen LogP contribution in [0.3, 0.4) is 0 Å². The van der Waals surface area contributed by atoms with Gasteiger partial charge in [-0.1, -0.05) is 12.1 Å². The van der Waals surface area contributed by atoms with Crippen LogP contribution in [0.5, 0.6) is 0 Å². The quantitative estimate of drug-likeness (QED) is 0.297. The Morgan fingerprint density at radius 1 is 1.21 bits per heavy atom. The molecule has 29 heavy (non-hydrogen) atoms. The van der Waals surface area contributed by atoms with Gasteiger partial charge in [-0.25, -0.2) is 26.1 Å². The van der Waals surface area contributed by atoms with E-state index in [9.17, 15) is 16.8 Å². The SMILES string of the molecule is CCNC(=NCc1ccc(S(C)(=O)=O)c(C)c1)NCC1CCN(S(C)(=O)=O)C1.I. The molecular formula is C18H31IN4O4S2. The van der Waals surface area contributed by atoms with E-state index >= 15 is 0 Å². The summed E-state index contributed by atoms with van der Waals surface area (Å²) < 4.78 is 48.2. The number of nitrogens with one attached hydrogen (secondary N) is 2. The van der Waals surface area contributed by atoms with E-state index < -0.39 is 19.9 Å². The number of hydrogen-bond acceptors (Lipinski definition) is 5. The third kappa shape index (κ3) is 8.02. The van der Waals surface area contributed by atoms with Crippen molar-refractivity contribution >= 4 is 49.8 Å². The minimum Gasteiger partial charge on any atom is -0.357 e. The molecule has 8 nitrogen and oxygen atoms in total. The number of guanidine groups is 1. The molecule has 1 aliphatic rings. The van der Waals surface area contributed by atoms with E-state index in [0.717, 1.165) is 12.0 Å². The zero-order valence-corrected chi connectivity index (χ0v) is 21.3. The molecule has 1 heterocycles. The van der Waals surface area contributed by atoms with Crippen LogP contribution in [0.2, 0.25) is 0 Å². The van der Waals surface area contributed by atoms with Crippen molar-refractivity contribution < 1.29 is 16.8 Å². The van der Waals surface area contributed by atoms with E-state index in [4.69, 9.17) is 0 Å². The molecule has 166 valence electrons. The van der Waals surface area contributed by atoms with Crippen LogP contribution in [0.25, 0.3) is 0 Å². The molecule has 2 N–H and O–H groups in total. The van der Waals surface area contributed by atoms with Crippen molar-refractivity contribution in [3.63, 3.8) is 0 Å². The average molecular weight is 559 g/mol. The lowest BCUT2D eigenvalue weighted by Crippen LogP contribution is -2.40. The molecule has 2 rings (SSSR count). The summed E-state index contributed by atoms with van der Waals surface area (Å²) in [7, 11) is -6.36. The number of sulfonamides is 1. The highest BCUT2D eigenvalue weighted by molar-refractivity contribution is 14.0. The summed E-state index contributed by atoms with van der Waals surface area (Å²) in [5.41, 5.74) is 1.63. The van der Waals surface area contributed by atoms with Gasteiger partial charge in [-0.15, -0.1) is 24.0 Å². The van der Waals surface area contributed by atoms with Crippen molar-refractivity contribution in [1.29, 1.82) is 0 Å². The van der Waals surface area contributed by atoms with Crippen LogP contribution in [0.4, 0.5) is 0 Å². The molecule has 1 saturated heterocycles. The average Bonchev–Trinajstić information content (AvgIpc) is 3.05. The van der Waals surface area contributed by atoms with Crippen LogP contribution in [0, 0.1) is 12.8 Å². The maximum atomic E-state index is 11.7. The van der Waals surface area contributed by atoms with E-state index in [2.05, 4.69) is 15.6 Å². The first-order valence-electron chi connectivity index (χ1n) is 9.27. The summed E-state index contributed by atoms with van der Waals surface area (Å²) in [6.45, 7) is 6.61. The number of aliphatic imine (C=N–C) groups is 1. The second-order valence-electron chi connectivity index (χ2n) is 7.22. The lowest BCUT2D eigenvalue weighted by Gasteiger charge is -2.16. The smallest absolute Gasteiger partial charge is 0.211 e. The number of nitrogens with zero attached hydrogens (tertiary/aromatic N) is 2. The molecule has 1 aromatic carbocycles. The van der Waals surface area contributed by atoms with Gasteiger partial charge in [-0.05, 0) is 43.4 Å². The van der Waals surface area contributed by atoms with Crippen molar-refractivity contribution in [3.8, 4) is 0 Å². The standard InChI is InChI=1S/C18H30N4O4S2.HI/c1-5-19-18(21-12-16-8-9-22(13-16)28(4,25)26)20-11-15-6-7-17(14(2)10-15)27(3,23)24;/h6-7,10,16H,5,8-9,11-13H2,1-4H3,(H2,19,20,21);1H. The van der Waals surface area contributed by atoms with E-state index in [-0.39, 0.29) is 29.9 Å². The molecule has 1 aliphatic heterocycles. The van der Waals surface area contributed by atoms with Gasteiger partial charge in [-0.3, -0.25) is 0 Å². The van der Waals surface area contributed by atoms with Crippen LogP contribution < -0.4 is 10.6 Å². The highest BCUT2D eigenvalue weighted by atomic mass is 127. The first kappa shape index (κ1) is 26.1. The molecule has 0 spiro atoms. The number of aryl methyl sites for hydroxylation is 1. The summed E-state index contributed by atoms with van der Waals surface area (Å²) in [5, 5.41) is 6.46. The Balaban J connectivity index is 0.00000420. The van der Waals surface area contributed by atoms with Crippen molar-refractivity contribution in [1.82, 2.24) is 14.9 Å². The summed E-state index contributed by atoms with van der Waals surface area (Å²) in [5.74, 6) is 0.903.